The molecule has 2 N–H and O–H groups in total. The van der Waals surface area contributed by atoms with E-state index in [-0.39, 0.29) is 23.2 Å². The second-order valence-electron chi connectivity index (χ2n) is 7.72. The van der Waals surface area contributed by atoms with Gasteiger partial charge in [-0.05, 0) is 42.9 Å². The number of hydrogen-bond donors (Lipinski definition) is 2. The van der Waals surface area contributed by atoms with Crippen molar-refractivity contribution >= 4 is 5.91 Å². The Morgan fingerprint density at radius 1 is 1.35 bits per heavy atom. The van der Waals surface area contributed by atoms with E-state index in [1.54, 1.807) is 12.1 Å². The first-order chi connectivity index (χ1) is 11.0. The number of rotatable bonds is 4. The molecule has 4 heteroatoms. The van der Waals surface area contributed by atoms with Gasteiger partial charge in [-0.15, -0.1) is 0 Å². The lowest BCUT2D eigenvalue weighted by Gasteiger charge is -2.26. The van der Waals surface area contributed by atoms with E-state index >= 15 is 0 Å². The zero-order chi connectivity index (χ0) is 16.4. The van der Waals surface area contributed by atoms with Crippen LogP contribution in [0, 0.1) is 11.7 Å². The minimum Gasteiger partial charge on any atom is -0.354 e. The predicted octanol–water partition coefficient (Wildman–Crippen LogP) is 3.14. The Kier molecular flexibility index (Phi) is 4.72. The number of nitrogens with one attached hydrogen (secondary N) is 2. The van der Waals surface area contributed by atoms with Crippen LogP contribution in [0.2, 0.25) is 0 Å². The maximum Gasteiger partial charge on any atom is 0.237 e. The van der Waals surface area contributed by atoms with Crippen LogP contribution in [0.4, 0.5) is 4.39 Å². The van der Waals surface area contributed by atoms with E-state index in [1.165, 1.54) is 31.7 Å². The first-order valence-corrected chi connectivity index (χ1v) is 8.75. The molecule has 3 nitrogen and oxygen atoms in total. The molecule has 23 heavy (non-hydrogen) atoms. The van der Waals surface area contributed by atoms with Crippen LogP contribution in [-0.4, -0.2) is 24.5 Å². The molecule has 1 aliphatic carbocycles. The van der Waals surface area contributed by atoms with Crippen molar-refractivity contribution < 1.29 is 9.18 Å². The minimum absolute atomic E-state index is 0.0635. The second kappa shape index (κ2) is 6.60. The van der Waals surface area contributed by atoms with Crippen molar-refractivity contribution in [1.82, 2.24) is 10.6 Å². The summed E-state index contributed by atoms with van der Waals surface area (Å²) < 4.78 is 13.4. The van der Waals surface area contributed by atoms with Crippen LogP contribution in [0.3, 0.4) is 0 Å². The zero-order valence-electron chi connectivity index (χ0n) is 14.1. The van der Waals surface area contributed by atoms with Crippen molar-refractivity contribution in [1.29, 1.82) is 0 Å². The molecule has 1 heterocycles. The molecule has 3 rings (SSSR count). The number of halogens is 1. The number of hydrogen-bond acceptors (Lipinski definition) is 2. The topological polar surface area (TPSA) is 41.1 Å². The van der Waals surface area contributed by atoms with Crippen LogP contribution >= 0.6 is 0 Å². The number of carbonyl (C=O) groups excluding carboxylic acids is 1. The lowest BCUT2D eigenvalue weighted by atomic mass is 9.84. The number of amides is 1. The van der Waals surface area contributed by atoms with Crippen LogP contribution in [-0.2, 0) is 10.2 Å². The van der Waals surface area contributed by atoms with Gasteiger partial charge in [0.1, 0.15) is 5.82 Å². The summed E-state index contributed by atoms with van der Waals surface area (Å²) in [5.74, 6) is 0.517. The van der Waals surface area contributed by atoms with Crippen LogP contribution in [0.15, 0.2) is 24.3 Å². The Bertz CT molecular complexity index is 558. The molecule has 3 unspecified atom stereocenters. The summed E-state index contributed by atoms with van der Waals surface area (Å²) in [6, 6.07) is 7.09. The van der Waals surface area contributed by atoms with Crippen molar-refractivity contribution in [2.45, 2.75) is 63.5 Å². The van der Waals surface area contributed by atoms with Gasteiger partial charge < -0.3 is 10.6 Å². The SMILES string of the molecule is CC(C)(CNC(=O)C1CC2CCCCC2N1)c1cccc(F)c1. The normalized spacial score (nSPS) is 27.5. The Labute approximate surface area is 138 Å². The van der Waals surface area contributed by atoms with Crippen LogP contribution in [0.25, 0.3) is 0 Å². The van der Waals surface area contributed by atoms with E-state index in [2.05, 4.69) is 10.6 Å². The van der Waals surface area contributed by atoms with Gasteiger partial charge in [0, 0.05) is 18.0 Å². The lowest BCUT2D eigenvalue weighted by molar-refractivity contribution is -0.123. The third kappa shape index (κ3) is 3.74. The smallest absolute Gasteiger partial charge is 0.237 e. The van der Waals surface area contributed by atoms with Gasteiger partial charge in [0.15, 0.2) is 0 Å². The van der Waals surface area contributed by atoms with E-state index in [0.29, 0.717) is 18.5 Å². The van der Waals surface area contributed by atoms with Crippen LogP contribution in [0.5, 0.6) is 0 Å². The molecule has 0 radical (unpaired) electrons. The van der Waals surface area contributed by atoms with Gasteiger partial charge in [-0.2, -0.15) is 0 Å². The number of fused-ring (bicyclic) bond motifs is 1. The molecule has 126 valence electrons. The molecule has 1 saturated carbocycles. The fraction of sp³-hybridized carbons (Fsp3) is 0.632. The van der Waals surface area contributed by atoms with Gasteiger partial charge >= 0.3 is 0 Å². The minimum atomic E-state index is -0.289. The number of carbonyl (C=O) groups is 1. The van der Waals surface area contributed by atoms with Gasteiger partial charge in [0.05, 0.1) is 6.04 Å². The highest BCUT2D eigenvalue weighted by atomic mass is 19.1. The fourth-order valence-corrected chi connectivity index (χ4v) is 3.96. The second-order valence-corrected chi connectivity index (χ2v) is 7.72. The van der Waals surface area contributed by atoms with E-state index < -0.39 is 0 Å². The average molecular weight is 318 g/mol. The van der Waals surface area contributed by atoms with Crippen LogP contribution in [0.1, 0.15) is 51.5 Å². The summed E-state index contributed by atoms with van der Waals surface area (Å²) in [6.07, 6.45) is 5.97. The van der Waals surface area contributed by atoms with Gasteiger partial charge in [-0.3, -0.25) is 4.79 Å². The van der Waals surface area contributed by atoms with Gasteiger partial charge in [0.25, 0.3) is 0 Å². The van der Waals surface area contributed by atoms with E-state index in [4.69, 9.17) is 0 Å². The molecule has 2 aliphatic rings. The summed E-state index contributed by atoms with van der Waals surface area (Å²) in [5, 5.41) is 6.57. The van der Waals surface area contributed by atoms with Gasteiger partial charge in [-0.1, -0.05) is 38.8 Å². The van der Waals surface area contributed by atoms with E-state index in [9.17, 15) is 9.18 Å². The van der Waals surface area contributed by atoms with Crippen LogP contribution < -0.4 is 10.6 Å². The average Bonchev–Trinajstić information content (AvgIpc) is 2.97. The maximum absolute atomic E-state index is 13.4. The molecule has 1 amide bonds. The van der Waals surface area contributed by atoms with Gasteiger partial charge in [0.2, 0.25) is 5.91 Å². The molecular formula is C19H27FN2O. The Hall–Kier alpha value is -1.42. The van der Waals surface area contributed by atoms with Crippen molar-refractivity contribution in [3.8, 4) is 0 Å². The summed E-state index contributed by atoms with van der Waals surface area (Å²) in [5.41, 5.74) is 0.620. The van der Waals surface area contributed by atoms with Crippen molar-refractivity contribution in [3.05, 3.63) is 35.6 Å². The fourth-order valence-electron chi connectivity index (χ4n) is 3.96. The monoisotopic (exact) mass is 318 g/mol. The summed E-state index contributed by atoms with van der Waals surface area (Å²) >= 11 is 0. The quantitative estimate of drug-likeness (QED) is 0.895. The highest BCUT2D eigenvalue weighted by molar-refractivity contribution is 5.82. The highest BCUT2D eigenvalue weighted by Gasteiger charge is 2.38. The third-order valence-electron chi connectivity index (χ3n) is 5.49. The highest BCUT2D eigenvalue weighted by Crippen LogP contribution is 2.33. The maximum atomic E-state index is 13.4. The zero-order valence-corrected chi connectivity index (χ0v) is 14.1. The van der Waals surface area contributed by atoms with Crippen molar-refractivity contribution in [3.63, 3.8) is 0 Å². The Morgan fingerprint density at radius 2 is 2.13 bits per heavy atom. The molecule has 1 aliphatic heterocycles. The molecule has 0 spiro atoms. The largest absolute Gasteiger partial charge is 0.354 e. The number of benzene rings is 1. The summed E-state index contributed by atoms with van der Waals surface area (Å²) in [4.78, 5) is 12.5. The molecule has 0 bridgehead atoms. The first kappa shape index (κ1) is 16.4. The molecule has 2 fully saturated rings. The Morgan fingerprint density at radius 3 is 2.87 bits per heavy atom. The molecule has 1 aromatic carbocycles. The van der Waals surface area contributed by atoms with E-state index in [0.717, 1.165) is 12.0 Å². The predicted molar refractivity (Wildman–Crippen MR) is 89.7 cm³/mol. The first-order valence-electron chi connectivity index (χ1n) is 8.75. The Balaban J connectivity index is 1.56. The van der Waals surface area contributed by atoms with E-state index in [1.807, 2.05) is 19.9 Å². The van der Waals surface area contributed by atoms with Gasteiger partial charge in [-0.25, -0.2) is 4.39 Å². The standard InChI is InChI=1S/C19H27FN2O/c1-19(2,14-7-5-8-15(20)11-14)12-21-18(23)17-10-13-6-3-4-9-16(13)22-17/h5,7-8,11,13,16-17,22H,3-4,6,9-10,12H2,1-2H3,(H,21,23). The summed E-state index contributed by atoms with van der Waals surface area (Å²) in [6.45, 7) is 4.58. The van der Waals surface area contributed by atoms with Crippen molar-refractivity contribution in [2.24, 2.45) is 5.92 Å². The molecule has 0 aromatic heterocycles. The van der Waals surface area contributed by atoms with Crippen molar-refractivity contribution in [2.75, 3.05) is 6.54 Å². The molecule has 3 atom stereocenters. The third-order valence-corrected chi connectivity index (χ3v) is 5.49. The lowest BCUT2D eigenvalue weighted by Crippen LogP contribution is -2.46. The molecular weight excluding hydrogens is 291 g/mol. The molecule has 1 aromatic rings. The molecule has 1 saturated heterocycles. The summed E-state index contributed by atoms with van der Waals surface area (Å²) in [7, 11) is 0.